The molecule has 2 rings (SSSR count). The van der Waals surface area contributed by atoms with E-state index in [1.807, 2.05) is 0 Å². The van der Waals surface area contributed by atoms with Gasteiger partial charge in [0.05, 0.1) is 12.2 Å². The summed E-state index contributed by atoms with van der Waals surface area (Å²) in [5.41, 5.74) is 4.74. The van der Waals surface area contributed by atoms with Crippen molar-refractivity contribution in [2.45, 2.75) is 12.6 Å². The second-order valence-corrected chi connectivity index (χ2v) is 4.90. The average Bonchev–Trinajstić information content (AvgIpc) is 2.57. The fraction of sp³-hybridized carbons (Fsp3) is 0.250. The molecule has 0 saturated carbocycles. The van der Waals surface area contributed by atoms with Crippen LogP contribution < -0.4 is 10.5 Å². The Morgan fingerprint density at radius 1 is 1.24 bits per heavy atom. The lowest BCUT2D eigenvalue weighted by Gasteiger charge is -2.11. The van der Waals surface area contributed by atoms with E-state index in [0.29, 0.717) is 0 Å². The van der Waals surface area contributed by atoms with E-state index in [4.69, 9.17) is 15.2 Å². The summed E-state index contributed by atoms with van der Waals surface area (Å²) in [5, 5.41) is 0. The SMILES string of the molecule is CN=C(N)OCCc1cc(Oc2cc(C(F)(F)F)ccn2)ccc1F. The van der Waals surface area contributed by atoms with Gasteiger partial charge in [-0.15, -0.1) is 0 Å². The van der Waals surface area contributed by atoms with E-state index in [1.165, 1.54) is 19.2 Å². The molecule has 0 bridgehead atoms. The Morgan fingerprint density at radius 3 is 2.68 bits per heavy atom. The van der Waals surface area contributed by atoms with Crippen LogP contribution in [0.25, 0.3) is 0 Å². The van der Waals surface area contributed by atoms with Crippen LogP contribution in [0.4, 0.5) is 17.6 Å². The predicted molar refractivity (Wildman–Crippen MR) is 82.9 cm³/mol. The van der Waals surface area contributed by atoms with Crippen molar-refractivity contribution in [1.82, 2.24) is 4.98 Å². The van der Waals surface area contributed by atoms with Crippen LogP contribution in [0, 0.1) is 5.82 Å². The third-order valence-electron chi connectivity index (χ3n) is 3.14. The number of benzene rings is 1. The van der Waals surface area contributed by atoms with Crippen molar-refractivity contribution >= 4 is 6.02 Å². The van der Waals surface area contributed by atoms with Gasteiger partial charge in [-0.3, -0.25) is 0 Å². The molecule has 25 heavy (non-hydrogen) atoms. The number of alkyl halides is 3. The topological polar surface area (TPSA) is 69.7 Å². The number of ether oxygens (including phenoxy) is 2. The van der Waals surface area contributed by atoms with Crippen LogP contribution >= 0.6 is 0 Å². The Kier molecular flexibility index (Phi) is 5.79. The van der Waals surface area contributed by atoms with Gasteiger partial charge in [-0.05, 0) is 29.8 Å². The molecular formula is C16H15F4N3O2. The molecule has 0 aliphatic heterocycles. The second-order valence-electron chi connectivity index (χ2n) is 4.90. The van der Waals surface area contributed by atoms with E-state index in [1.54, 1.807) is 0 Å². The largest absolute Gasteiger partial charge is 0.465 e. The number of nitrogens with two attached hydrogens (primary N) is 1. The number of amidine groups is 1. The minimum Gasteiger partial charge on any atom is -0.465 e. The summed E-state index contributed by atoms with van der Waals surface area (Å²) >= 11 is 0. The number of nitrogens with zero attached hydrogens (tertiary/aromatic N) is 2. The van der Waals surface area contributed by atoms with E-state index in [0.717, 1.165) is 24.4 Å². The normalized spacial score (nSPS) is 12.1. The van der Waals surface area contributed by atoms with Gasteiger partial charge in [0.1, 0.15) is 11.6 Å². The minimum atomic E-state index is -4.51. The molecule has 2 N–H and O–H groups in total. The van der Waals surface area contributed by atoms with Gasteiger partial charge in [0.25, 0.3) is 6.02 Å². The van der Waals surface area contributed by atoms with E-state index in [9.17, 15) is 17.6 Å². The van der Waals surface area contributed by atoms with Gasteiger partial charge >= 0.3 is 6.18 Å². The van der Waals surface area contributed by atoms with Gasteiger partial charge < -0.3 is 15.2 Å². The lowest BCUT2D eigenvalue weighted by molar-refractivity contribution is -0.137. The van der Waals surface area contributed by atoms with Crippen LogP contribution in [0.1, 0.15) is 11.1 Å². The Bertz CT molecular complexity index is 763. The van der Waals surface area contributed by atoms with E-state index in [-0.39, 0.29) is 36.2 Å². The third-order valence-corrected chi connectivity index (χ3v) is 3.14. The quantitative estimate of drug-likeness (QED) is 0.505. The molecule has 0 unspecified atom stereocenters. The molecule has 0 fully saturated rings. The molecular weight excluding hydrogens is 342 g/mol. The number of rotatable bonds is 5. The first-order valence-electron chi connectivity index (χ1n) is 7.14. The lowest BCUT2D eigenvalue weighted by Crippen LogP contribution is -2.17. The molecule has 9 heteroatoms. The van der Waals surface area contributed by atoms with E-state index in [2.05, 4.69) is 9.98 Å². The first-order valence-corrected chi connectivity index (χ1v) is 7.14. The molecule has 0 saturated heterocycles. The van der Waals surface area contributed by atoms with Gasteiger partial charge in [-0.2, -0.15) is 13.2 Å². The molecule has 0 aliphatic carbocycles. The van der Waals surface area contributed by atoms with Crippen molar-refractivity contribution in [1.29, 1.82) is 0 Å². The predicted octanol–water partition coefficient (Wildman–Crippen LogP) is 3.54. The zero-order chi connectivity index (χ0) is 18.4. The molecule has 0 atom stereocenters. The van der Waals surface area contributed by atoms with Gasteiger partial charge in [0.15, 0.2) is 0 Å². The highest BCUT2D eigenvalue weighted by atomic mass is 19.4. The average molecular weight is 357 g/mol. The van der Waals surface area contributed by atoms with Gasteiger partial charge in [0.2, 0.25) is 5.88 Å². The Hall–Kier alpha value is -2.84. The summed E-state index contributed by atoms with van der Waals surface area (Å²) in [6.45, 7) is 0.0886. The number of aromatic nitrogens is 1. The van der Waals surface area contributed by atoms with E-state index >= 15 is 0 Å². The fourth-order valence-corrected chi connectivity index (χ4v) is 1.90. The van der Waals surface area contributed by atoms with E-state index < -0.39 is 17.6 Å². The number of hydrogen-bond donors (Lipinski definition) is 1. The molecule has 1 heterocycles. The fourth-order valence-electron chi connectivity index (χ4n) is 1.90. The summed E-state index contributed by atoms with van der Waals surface area (Å²) in [6, 6.07) is 5.38. The first kappa shape index (κ1) is 18.5. The standard InChI is InChI=1S/C16H15F4N3O2/c1-22-15(21)24-7-5-10-8-12(2-3-13(10)17)25-14-9-11(4-6-23-14)16(18,19)20/h2-4,6,8-9H,5,7H2,1H3,(H2,21,22). The highest BCUT2D eigenvalue weighted by Crippen LogP contribution is 2.31. The minimum absolute atomic E-state index is 0.0269. The molecule has 1 aromatic carbocycles. The zero-order valence-corrected chi connectivity index (χ0v) is 13.2. The first-order chi connectivity index (χ1) is 11.8. The van der Waals surface area contributed by atoms with Crippen LogP contribution in [-0.2, 0) is 17.3 Å². The Balaban J connectivity index is 2.11. The summed E-state index contributed by atoms with van der Waals surface area (Å²) < 4.78 is 62.2. The molecule has 1 aromatic heterocycles. The van der Waals surface area contributed by atoms with Crippen molar-refractivity contribution < 1.29 is 27.0 Å². The maximum Gasteiger partial charge on any atom is 0.416 e. The summed E-state index contributed by atoms with van der Waals surface area (Å²) in [4.78, 5) is 7.32. The zero-order valence-electron chi connectivity index (χ0n) is 13.2. The number of hydrogen-bond acceptors (Lipinski definition) is 4. The highest BCUT2D eigenvalue weighted by Gasteiger charge is 2.31. The van der Waals surface area contributed by atoms with Crippen LogP contribution in [-0.4, -0.2) is 24.7 Å². The molecule has 5 nitrogen and oxygen atoms in total. The lowest BCUT2D eigenvalue weighted by atomic mass is 10.1. The van der Waals surface area contributed by atoms with Gasteiger partial charge in [-0.1, -0.05) is 0 Å². The highest BCUT2D eigenvalue weighted by molar-refractivity contribution is 5.71. The van der Waals surface area contributed by atoms with Crippen molar-refractivity contribution in [2.75, 3.05) is 13.7 Å². The molecule has 134 valence electrons. The van der Waals surface area contributed by atoms with Crippen LogP contribution in [0.2, 0.25) is 0 Å². The summed E-state index contributed by atoms with van der Waals surface area (Å²) in [5.74, 6) is -0.591. The van der Waals surface area contributed by atoms with Gasteiger partial charge in [0, 0.05) is 25.7 Å². The maximum atomic E-state index is 13.8. The van der Waals surface area contributed by atoms with Crippen LogP contribution in [0.5, 0.6) is 11.6 Å². The molecule has 0 amide bonds. The summed E-state index contributed by atoms with van der Waals surface area (Å²) in [6.07, 6.45) is -3.34. The van der Waals surface area contributed by atoms with Crippen LogP contribution in [0.15, 0.2) is 41.5 Å². The van der Waals surface area contributed by atoms with Crippen molar-refractivity contribution in [3.05, 3.63) is 53.5 Å². The molecule has 0 aliphatic rings. The van der Waals surface area contributed by atoms with Crippen molar-refractivity contribution in [3.8, 4) is 11.6 Å². The number of pyridine rings is 1. The Morgan fingerprint density at radius 2 is 2.00 bits per heavy atom. The molecule has 0 spiro atoms. The van der Waals surface area contributed by atoms with Gasteiger partial charge in [-0.25, -0.2) is 14.4 Å². The second kappa shape index (κ2) is 7.82. The van der Waals surface area contributed by atoms with Crippen molar-refractivity contribution in [2.24, 2.45) is 10.7 Å². The van der Waals surface area contributed by atoms with Crippen molar-refractivity contribution in [3.63, 3.8) is 0 Å². The number of aliphatic imine (C=N–C) groups is 1. The third kappa shape index (κ3) is 5.33. The monoisotopic (exact) mass is 357 g/mol. The molecule has 2 aromatic rings. The maximum absolute atomic E-state index is 13.8. The summed E-state index contributed by atoms with van der Waals surface area (Å²) in [7, 11) is 1.45. The molecule has 0 radical (unpaired) electrons. The Labute approximate surface area is 141 Å². The van der Waals surface area contributed by atoms with Crippen LogP contribution in [0.3, 0.4) is 0 Å². The smallest absolute Gasteiger partial charge is 0.416 e. The number of halogens is 4.